The lowest BCUT2D eigenvalue weighted by molar-refractivity contribution is 0.103. The molecular formula is C18H17Br2N3OS. The third kappa shape index (κ3) is 4.04. The van der Waals surface area contributed by atoms with Crippen molar-refractivity contribution in [2.75, 3.05) is 11.1 Å². The maximum atomic E-state index is 12.7. The summed E-state index contributed by atoms with van der Waals surface area (Å²) in [6, 6.07) is 9.52. The summed E-state index contributed by atoms with van der Waals surface area (Å²) in [5.74, 6) is 0.300. The summed E-state index contributed by atoms with van der Waals surface area (Å²) in [5, 5.41) is 3.73. The van der Waals surface area contributed by atoms with Crippen LogP contribution in [0.3, 0.4) is 0 Å². The first-order chi connectivity index (χ1) is 11.8. The molecule has 7 heteroatoms. The largest absolute Gasteiger partial charge is 0.397 e. The molecule has 0 unspecified atom stereocenters. The second kappa shape index (κ2) is 7.43. The fourth-order valence-electron chi connectivity index (χ4n) is 2.51. The molecule has 3 rings (SSSR count). The molecule has 0 saturated heterocycles. The number of pyridine rings is 1. The van der Waals surface area contributed by atoms with Gasteiger partial charge in [-0.25, -0.2) is 4.98 Å². The van der Waals surface area contributed by atoms with Crippen LogP contribution in [0.4, 0.5) is 11.4 Å². The molecule has 1 aromatic carbocycles. The van der Waals surface area contributed by atoms with E-state index >= 15 is 0 Å². The minimum atomic E-state index is -0.228. The van der Waals surface area contributed by atoms with Crippen LogP contribution in [0.15, 0.2) is 39.3 Å². The Kier molecular flexibility index (Phi) is 5.46. The molecule has 0 bridgehead atoms. The molecule has 4 nitrogen and oxygen atoms in total. The third-order valence-electron chi connectivity index (χ3n) is 3.65. The SMILES string of the molecule is CC(C)Cc1ccc2c(N)c(C(=O)Nc3ccc(Br)cc3Br)sc2n1. The summed E-state index contributed by atoms with van der Waals surface area (Å²) < 4.78 is 1.73. The second-order valence-corrected chi connectivity index (χ2v) is 8.95. The van der Waals surface area contributed by atoms with E-state index in [0.717, 1.165) is 31.3 Å². The van der Waals surface area contributed by atoms with Crippen LogP contribution < -0.4 is 11.1 Å². The van der Waals surface area contributed by atoms with Crippen LogP contribution in [0.5, 0.6) is 0 Å². The summed E-state index contributed by atoms with van der Waals surface area (Å²) >= 11 is 8.17. The number of nitrogens with one attached hydrogen (secondary N) is 1. The van der Waals surface area contributed by atoms with Crippen molar-refractivity contribution in [3.63, 3.8) is 0 Å². The summed E-state index contributed by atoms with van der Waals surface area (Å²) in [6.45, 7) is 4.31. The molecule has 0 fully saturated rings. The highest BCUT2D eigenvalue weighted by Gasteiger charge is 2.18. The van der Waals surface area contributed by atoms with Crippen molar-refractivity contribution in [2.24, 2.45) is 5.92 Å². The Hall–Kier alpha value is -1.44. The van der Waals surface area contributed by atoms with E-state index in [2.05, 4.69) is 56.0 Å². The topological polar surface area (TPSA) is 68.0 Å². The van der Waals surface area contributed by atoms with Crippen molar-refractivity contribution in [1.29, 1.82) is 0 Å². The van der Waals surface area contributed by atoms with Crippen LogP contribution in [0, 0.1) is 5.92 Å². The molecule has 0 spiro atoms. The molecule has 25 heavy (non-hydrogen) atoms. The van der Waals surface area contributed by atoms with Crippen LogP contribution in [-0.2, 0) is 6.42 Å². The van der Waals surface area contributed by atoms with Gasteiger partial charge >= 0.3 is 0 Å². The number of benzene rings is 1. The van der Waals surface area contributed by atoms with Crippen LogP contribution in [0.1, 0.15) is 29.2 Å². The number of hydrogen-bond acceptors (Lipinski definition) is 4. The van der Waals surface area contributed by atoms with Crippen LogP contribution >= 0.6 is 43.2 Å². The number of fused-ring (bicyclic) bond motifs is 1. The molecule has 1 amide bonds. The molecule has 0 radical (unpaired) electrons. The van der Waals surface area contributed by atoms with E-state index in [9.17, 15) is 4.79 Å². The number of carbonyl (C=O) groups is 1. The van der Waals surface area contributed by atoms with Gasteiger partial charge in [0.1, 0.15) is 9.71 Å². The van der Waals surface area contributed by atoms with Gasteiger partial charge in [0.05, 0.1) is 11.4 Å². The number of rotatable bonds is 4. The van der Waals surface area contributed by atoms with Crippen LogP contribution in [0.25, 0.3) is 10.2 Å². The average Bonchev–Trinajstić information content (AvgIpc) is 2.86. The number of hydrogen-bond donors (Lipinski definition) is 2. The van der Waals surface area contributed by atoms with E-state index in [4.69, 9.17) is 5.73 Å². The molecule has 0 aliphatic heterocycles. The lowest BCUT2D eigenvalue weighted by atomic mass is 10.1. The van der Waals surface area contributed by atoms with Gasteiger partial charge in [-0.05, 0) is 58.6 Å². The molecule has 0 atom stereocenters. The smallest absolute Gasteiger partial charge is 0.267 e. The van der Waals surface area contributed by atoms with Crippen LogP contribution in [0.2, 0.25) is 0 Å². The van der Waals surface area contributed by atoms with E-state index in [-0.39, 0.29) is 5.91 Å². The van der Waals surface area contributed by atoms with E-state index in [0.29, 0.717) is 22.2 Å². The lowest BCUT2D eigenvalue weighted by Gasteiger charge is -2.07. The Bertz CT molecular complexity index is 953. The van der Waals surface area contributed by atoms with Crippen molar-refractivity contribution in [1.82, 2.24) is 4.98 Å². The Morgan fingerprint density at radius 1 is 1.28 bits per heavy atom. The summed E-state index contributed by atoms with van der Waals surface area (Å²) in [6.07, 6.45) is 0.904. The zero-order valence-corrected chi connectivity index (χ0v) is 17.8. The molecule has 0 aliphatic carbocycles. The molecule has 2 aromatic heterocycles. The predicted octanol–water partition coefficient (Wildman–Crippen LogP) is 5.85. The normalized spacial score (nSPS) is 11.2. The molecule has 3 N–H and O–H groups in total. The Balaban J connectivity index is 1.92. The molecule has 2 heterocycles. The molecular weight excluding hydrogens is 466 g/mol. The fourth-order valence-corrected chi connectivity index (χ4v) is 4.66. The van der Waals surface area contributed by atoms with Gasteiger partial charge in [0.2, 0.25) is 0 Å². The summed E-state index contributed by atoms with van der Waals surface area (Å²) in [7, 11) is 0. The summed E-state index contributed by atoms with van der Waals surface area (Å²) in [4.78, 5) is 18.6. The number of nitrogen functional groups attached to an aromatic ring is 1. The van der Waals surface area contributed by atoms with Crippen molar-refractivity contribution in [2.45, 2.75) is 20.3 Å². The van der Waals surface area contributed by atoms with Gasteiger partial charge < -0.3 is 11.1 Å². The van der Waals surface area contributed by atoms with Gasteiger partial charge in [-0.15, -0.1) is 11.3 Å². The monoisotopic (exact) mass is 481 g/mol. The lowest BCUT2D eigenvalue weighted by Crippen LogP contribution is -2.12. The molecule has 0 aliphatic rings. The third-order valence-corrected chi connectivity index (χ3v) is 5.92. The zero-order valence-electron chi connectivity index (χ0n) is 13.8. The number of carbonyl (C=O) groups excluding carboxylic acids is 1. The van der Waals surface area contributed by atoms with Crippen molar-refractivity contribution in [3.8, 4) is 0 Å². The summed E-state index contributed by atoms with van der Waals surface area (Å²) in [5.41, 5.74) is 8.39. The van der Waals surface area contributed by atoms with Crippen LogP contribution in [-0.4, -0.2) is 10.9 Å². The number of anilines is 2. The van der Waals surface area contributed by atoms with Gasteiger partial charge in [0, 0.05) is 20.0 Å². The minimum absolute atomic E-state index is 0.228. The Morgan fingerprint density at radius 2 is 2.04 bits per heavy atom. The van der Waals surface area contributed by atoms with Crippen molar-refractivity contribution < 1.29 is 4.79 Å². The highest BCUT2D eigenvalue weighted by molar-refractivity contribution is 9.11. The Labute approximate surface area is 167 Å². The quantitative estimate of drug-likeness (QED) is 0.489. The standard InChI is InChI=1S/C18H17Br2N3OS/c1-9(2)7-11-4-5-12-15(21)16(25-18(12)22-11)17(24)23-14-6-3-10(19)8-13(14)20/h3-6,8-9H,7,21H2,1-2H3,(H,23,24). The zero-order chi connectivity index (χ0) is 18.1. The van der Waals surface area contributed by atoms with Gasteiger partial charge in [-0.2, -0.15) is 0 Å². The van der Waals surface area contributed by atoms with Crippen molar-refractivity contribution in [3.05, 3.63) is 49.8 Å². The number of nitrogens with zero attached hydrogens (tertiary/aromatic N) is 1. The minimum Gasteiger partial charge on any atom is -0.397 e. The number of amides is 1. The van der Waals surface area contributed by atoms with E-state index in [1.807, 2.05) is 30.3 Å². The Morgan fingerprint density at radius 3 is 2.72 bits per heavy atom. The van der Waals surface area contributed by atoms with Gasteiger partial charge in [0.25, 0.3) is 5.91 Å². The first-order valence-corrected chi connectivity index (χ1v) is 10.2. The maximum absolute atomic E-state index is 12.7. The number of aromatic nitrogens is 1. The maximum Gasteiger partial charge on any atom is 0.267 e. The average molecular weight is 483 g/mol. The first kappa shape index (κ1) is 18.4. The van der Waals surface area contributed by atoms with E-state index in [1.54, 1.807) is 0 Å². The molecule has 0 saturated carbocycles. The number of nitrogens with two attached hydrogens (primary N) is 1. The first-order valence-electron chi connectivity index (χ1n) is 7.79. The van der Waals surface area contributed by atoms with Gasteiger partial charge in [-0.3, -0.25) is 4.79 Å². The number of thiophene rings is 1. The highest BCUT2D eigenvalue weighted by atomic mass is 79.9. The van der Waals surface area contributed by atoms with E-state index in [1.165, 1.54) is 11.3 Å². The van der Waals surface area contributed by atoms with Gasteiger partial charge in [0.15, 0.2) is 0 Å². The highest BCUT2D eigenvalue weighted by Crippen LogP contribution is 2.34. The number of halogens is 2. The molecule has 130 valence electrons. The molecule has 3 aromatic rings. The van der Waals surface area contributed by atoms with Crippen molar-refractivity contribution >= 4 is 70.7 Å². The second-order valence-electron chi connectivity index (χ2n) is 6.18. The van der Waals surface area contributed by atoms with E-state index < -0.39 is 0 Å². The fraction of sp³-hybridized carbons (Fsp3) is 0.222. The predicted molar refractivity (Wildman–Crippen MR) is 112 cm³/mol. The van der Waals surface area contributed by atoms with Gasteiger partial charge in [-0.1, -0.05) is 29.8 Å².